The van der Waals surface area contributed by atoms with Crippen molar-refractivity contribution in [2.24, 2.45) is 5.41 Å². The summed E-state index contributed by atoms with van der Waals surface area (Å²) >= 11 is 0. The van der Waals surface area contributed by atoms with Gasteiger partial charge in [-0.1, -0.05) is 26.0 Å². The van der Waals surface area contributed by atoms with Crippen molar-refractivity contribution in [1.82, 2.24) is 9.80 Å². The van der Waals surface area contributed by atoms with E-state index in [-0.39, 0.29) is 23.8 Å². The molecule has 0 N–H and O–H groups in total. The minimum atomic E-state index is -4.35. The van der Waals surface area contributed by atoms with Gasteiger partial charge in [0.25, 0.3) is 0 Å². The van der Waals surface area contributed by atoms with Gasteiger partial charge in [-0.25, -0.2) is 0 Å². The first-order chi connectivity index (χ1) is 12.7. The van der Waals surface area contributed by atoms with Crippen molar-refractivity contribution in [1.29, 1.82) is 0 Å². The average molecular weight is 382 g/mol. The molecule has 0 radical (unpaired) electrons. The van der Waals surface area contributed by atoms with Crippen LogP contribution in [0.5, 0.6) is 0 Å². The Hall–Kier alpha value is -1.56. The summed E-state index contributed by atoms with van der Waals surface area (Å²) in [7, 11) is 0. The molecule has 3 nitrogen and oxygen atoms in total. The fourth-order valence-corrected chi connectivity index (χ4v) is 4.39. The van der Waals surface area contributed by atoms with Gasteiger partial charge in [0, 0.05) is 19.1 Å². The zero-order valence-corrected chi connectivity index (χ0v) is 16.2. The third kappa shape index (κ3) is 4.84. The van der Waals surface area contributed by atoms with Crippen LogP contribution in [0.1, 0.15) is 50.7 Å². The highest BCUT2D eigenvalue weighted by Crippen LogP contribution is 2.36. The molecule has 0 spiro atoms. The number of rotatable bonds is 4. The van der Waals surface area contributed by atoms with E-state index in [2.05, 4.69) is 18.7 Å². The smallest absolute Gasteiger partial charge is 0.338 e. The first kappa shape index (κ1) is 20.2. The van der Waals surface area contributed by atoms with E-state index in [1.165, 1.54) is 25.0 Å². The van der Waals surface area contributed by atoms with Gasteiger partial charge < -0.3 is 9.80 Å². The van der Waals surface area contributed by atoms with E-state index in [0.29, 0.717) is 5.56 Å². The number of carbonyl (C=O) groups excluding carboxylic acids is 1. The molecule has 2 saturated heterocycles. The molecule has 27 heavy (non-hydrogen) atoms. The van der Waals surface area contributed by atoms with Crippen LogP contribution >= 0.6 is 0 Å². The van der Waals surface area contributed by atoms with E-state index in [1.54, 1.807) is 0 Å². The Morgan fingerprint density at radius 3 is 2.30 bits per heavy atom. The largest absolute Gasteiger partial charge is 0.416 e. The molecule has 0 bridgehead atoms. The van der Waals surface area contributed by atoms with Gasteiger partial charge in [-0.2, -0.15) is 13.2 Å². The van der Waals surface area contributed by atoms with E-state index in [0.717, 1.165) is 51.2 Å². The molecule has 2 fully saturated rings. The van der Waals surface area contributed by atoms with Gasteiger partial charge in [0.1, 0.15) is 0 Å². The number of hydrogen-bond acceptors (Lipinski definition) is 2. The van der Waals surface area contributed by atoms with Crippen molar-refractivity contribution >= 4 is 5.91 Å². The molecule has 1 atom stereocenters. The summed E-state index contributed by atoms with van der Waals surface area (Å²) in [4.78, 5) is 17.4. The van der Waals surface area contributed by atoms with E-state index in [9.17, 15) is 18.0 Å². The lowest BCUT2D eigenvalue weighted by Crippen LogP contribution is -2.57. The van der Waals surface area contributed by atoms with Crippen LogP contribution in [-0.4, -0.2) is 47.9 Å². The molecule has 0 aliphatic carbocycles. The molecule has 0 saturated carbocycles. The zero-order chi connectivity index (χ0) is 19.7. The third-order valence-corrected chi connectivity index (χ3v) is 6.09. The van der Waals surface area contributed by atoms with Gasteiger partial charge in [-0.05, 0) is 61.9 Å². The zero-order valence-electron chi connectivity index (χ0n) is 16.2. The number of halogens is 3. The van der Waals surface area contributed by atoms with Crippen molar-refractivity contribution in [3.63, 3.8) is 0 Å². The molecule has 1 aromatic carbocycles. The standard InChI is InChI=1S/C21H29F3N2O/c1-20(2)10-5-13-26(18(20)15-25-11-3-4-12-25)19(27)14-16-6-8-17(9-7-16)21(22,23)24/h6-9,18H,3-5,10-15H2,1-2H3/t18-/m1/s1. The number of benzene rings is 1. The van der Waals surface area contributed by atoms with E-state index < -0.39 is 11.7 Å². The number of likely N-dealkylation sites (tertiary alicyclic amines) is 2. The van der Waals surface area contributed by atoms with Crippen molar-refractivity contribution in [3.8, 4) is 0 Å². The highest BCUT2D eigenvalue weighted by Gasteiger charge is 2.40. The minimum absolute atomic E-state index is 0.0201. The maximum Gasteiger partial charge on any atom is 0.416 e. The molecule has 3 rings (SSSR count). The van der Waals surface area contributed by atoms with Crippen LogP contribution in [0.3, 0.4) is 0 Å². The monoisotopic (exact) mass is 382 g/mol. The molecule has 2 aliphatic rings. The summed E-state index contributed by atoms with van der Waals surface area (Å²) in [5, 5.41) is 0. The number of nitrogens with zero attached hydrogens (tertiary/aromatic N) is 2. The molecular formula is C21H29F3N2O. The molecule has 1 aromatic rings. The number of carbonyl (C=O) groups is 1. The fourth-order valence-electron chi connectivity index (χ4n) is 4.39. The Morgan fingerprint density at radius 2 is 1.70 bits per heavy atom. The van der Waals surface area contributed by atoms with Crippen molar-refractivity contribution in [3.05, 3.63) is 35.4 Å². The summed E-state index contributed by atoms with van der Waals surface area (Å²) in [5.41, 5.74) is 0.0115. The lowest BCUT2D eigenvalue weighted by atomic mass is 9.76. The molecule has 1 amide bonds. The Labute approximate surface area is 159 Å². The second-order valence-corrected chi connectivity index (χ2v) is 8.57. The molecule has 0 aromatic heterocycles. The van der Waals surface area contributed by atoms with Gasteiger partial charge in [0.05, 0.1) is 12.0 Å². The SMILES string of the molecule is CC1(C)CCCN(C(=O)Cc2ccc(C(F)(F)F)cc2)[C@@H]1CN1CCCC1. The van der Waals surface area contributed by atoms with Crippen LogP contribution in [0.2, 0.25) is 0 Å². The van der Waals surface area contributed by atoms with E-state index in [1.807, 2.05) is 4.90 Å². The first-order valence-electron chi connectivity index (χ1n) is 9.85. The Balaban J connectivity index is 1.70. The van der Waals surface area contributed by atoms with Crippen LogP contribution < -0.4 is 0 Å². The van der Waals surface area contributed by atoms with Gasteiger partial charge >= 0.3 is 6.18 Å². The Kier molecular flexibility index (Phi) is 5.84. The van der Waals surface area contributed by atoms with Gasteiger partial charge in [-0.15, -0.1) is 0 Å². The van der Waals surface area contributed by atoms with Crippen LogP contribution in [-0.2, 0) is 17.4 Å². The Bertz CT molecular complexity index is 648. The van der Waals surface area contributed by atoms with Crippen LogP contribution in [0.25, 0.3) is 0 Å². The van der Waals surface area contributed by atoms with E-state index in [4.69, 9.17) is 0 Å². The van der Waals surface area contributed by atoms with E-state index >= 15 is 0 Å². The molecule has 0 unspecified atom stereocenters. The number of piperidine rings is 1. The molecule has 2 aliphatic heterocycles. The highest BCUT2D eigenvalue weighted by molar-refractivity contribution is 5.79. The second kappa shape index (κ2) is 7.82. The molecule has 6 heteroatoms. The molecular weight excluding hydrogens is 353 g/mol. The van der Waals surface area contributed by atoms with Crippen molar-refractivity contribution in [2.45, 2.75) is 58.2 Å². The van der Waals surface area contributed by atoms with Crippen LogP contribution in [0, 0.1) is 5.41 Å². The summed E-state index contributed by atoms with van der Waals surface area (Å²) in [6.45, 7) is 8.27. The van der Waals surface area contributed by atoms with Crippen molar-refractivity contribution in [2.75, 3.05) is 26.2 Å². The second-order valence-electron chi connectivity index (χ2n) is 8.57. The lowest BCUT2D eigenvalue weighted by Gasteiger charge is -2.48. The van der Waals surface area contributed by atoms with Crippen molar-refractivity contribution < 1.29 is 18.0 Å². The summed E-state index contributed by atoms with van der Waals surface area (Å²) in [6, 6.07) is 5.12. The summed E-state index contributed by atoms with van der Waals surface area (Å²) < 4.78 is 38.2. The van der Waals surface area contributed by atoms with Gasteiger partial charge in [-0.3, -0.25) is 4.79 Å². The number of hydrogen-bond donors (Lipinski definition) is 0. The molecule has 2 heterocycles. The minimum Gasteiger partial charge on any atom is -0.338 e. The van der Waals surface area contributed by atoms with Gasteiger partial charge in [0.15, 0.2) is 0 Å². The number of alkyl halides is 3. The Morgan fingerprint density at radius 1 is 1.07 bits per heavy atom. The number of amides is 1. The lowest BCUT2D eigenvalue weighted by molar-refractivity contribution is -0.139. The topological polar surface area (TPSA) is 23.6 Å². The predicted molar refractivity (Wildman–Crippen MR) is 99.3 cm³/mol. The molecule has 150 valence electrons. The van der Waals surface area contributed by atoms with Crippen LogP contribution in [0.15, 0.2) is 24.3 Å². The average Bonchev–Trinajstić information content (AvgIpc) is 3.09. The third-order valence-electron chi connectivity index (χ3n) is 6.09. The highest BCUT2D eigenvalue weighted by atomic mass is 19.4. The van der Waals surface area contributed by atoms with Gasteiger partial charge in [0.2, 0.25) is 5.91 Å². The fraction of sp³-hybridized carbons (Fsp3) is 0.667. The quantitative estimate of drug-likeness (QED) is 0.772. The normalized spacial score (nSPS) is 23.6. The van der Waals surface area contributed by atoms with Crippen LogP contribution in [0.4, 0.5) is 13.2 Å². The summed E-state index contributed by atoms with van der Waals surface area (Å²) in [5.74, 6) is 0.0201. The predicted octanol–water partition coefficient (Wildman–Crippen LogP) is 4.36. The first-order valence-corrected chi connectivity index (χ1v) is 9.85. The maximum absolute atomic E-state index is 13.0. The maximum atomic E-state index is 13.0. The summed E-state index contributed by atoms with van der Waals surface area (Å²) in [6.07, 6.45) is 0.308.